The van der Waals surface area contributed by atoms with Gasteiger partial charge < -0.3 is 16.2 Å². The van der Waals surface area contributed by atoms with Crippen molar-refractivity contribution >= 4 is 24.2 Å². The second kappa shape index (κ2) is 18.2. The second-order valence-corrected chi connectivity index (χ2v) is 6.71. The molecule has 25 heavy (non-hydrogen) atoms. The molecule has 1 unspecified atom stereocenters. The van der Waals surface area contributed by atoms with Crippen molar-refractivity contribution in [2.24, 2.45) is 11.5 Å². The van der Waals surface area contributed by atoms with Crippen molar-refractivity contribution in [1.29, 1.82) is 0 Å². The van der Waals surface area contributed by atoms with Crippen LogP contribution in [0.1, 0.15) is 90.4 Å². The number of ketones is 1. The van der Waals surface area contributed by atoms with Crippen molar-refractivity contribution in [3.63, 3.8) is 0 Å². The fourth-order valence-electron chi connectivity index (χ4n) is 2.78. The van der Waals surface area contributed by atoms with Gasteiger partial charge in [-0.2, -0.15) is 0 Å². The maximum atomic E-state index is 12.0. The van der Waals surface area contributed by atoms with Crippen molar-refractivity contribution in [1.82, 2.24) is 0 Å². The third-order valence-corrected chi connectivity index (χ3v) is 4.47. The highest BCUT2D eigenvalue weighted by atomic mass is 35.5. The van der Waals surface area contributed by atoms with E-state index in [1.165, 1.54) is 52.1 Å². The summed E-state index contributed by atoms with van der Waals surface area (Å²) in [6.45, 7) is 2.23. The summed E-state index contributed by atoms with van der Waals surface area (Å²) in [7, 11) is 1.32. The van der Waals surface area contributed by atoms with Crippen LogP contribution < -0.4 is 11.5 Å². The van der Waals surface area contributed by atoms with Crippen LogP contribution in [0.4, 0.5) is 0 Å². The number of unbranched alkanes of at least 4 members (excludes halogenated alkanes) is 8. The minimum atomic E-state index is -0.616. The van der Waals surface area contributed by atoms with Gasteiger partial charge in [-0.1, -0.05) is 58.3 Å². The Labute approximate surface area is 160 Å². The first-order chi connectivity index (χ1) is 11.5. The summed E-state index contributed by atoms with van der Waals surface area (Å²) in [6.07, 6.45) is 13.5. The summed E-state index contributed by atoms with van der Waals surface area (Å²) in [5.41, 5.74) is 11.6. The van der Waals surface area contributed by atoms with E-state index in [1.54, 1.807) is 0 Å². The highest BCUT2D eigenvalue weighted by Crippen LogP contribution is 2.12. The van der Waals surface area contributed by atoms with Crippen molar-refractivity contribution in [2.45, 2.75) is 102 Å². The zero-order valence-electron chi connectivity index (χ0n) is 16.1. The number of rotatable bonds is 16. The number of carbonyl (C=O) groups is 2. The van der Waals surface area contributed by atoms with E-state index in [4.69, 9.17) is 11.5 Å². The summed E-state index contributed by atoms with van der Waals surface area (Å²) in [4.78, 5) is 23.1. The van der Waals surface area contributed by atoms with Crippen LogP contribution in [0.15, 0.2) is 0 Å². The molecule has 4 N–H and O–H groups in total. The Morgan fingerprint density at radius 3 is 1.80 bits per heavy atom. The van der Waals surface area contributed by atoms with Gasteiger partial charge in [-0.15, -0.1) is 12.4 Å². The highest BCUT2D eigenvalue weighted by molar-refractivity contribution is 5.85. The number of esters is 1. The van der Waals surface area contributed by atoms with Gasteiger partial charge in [0.25, 0.3) is 0 Å². The molecule has 150 valence electrons. The number of Topliss-reactive ketones (excluding diaryl/α,β-unsaturated/α-hetero) is 1. The molecule has 0 bridgehead atoms. The van der Waals surface area contributed by atoms with Gasteiger partial charge in [0.05, 0.1) is 13.2 Å². The van der Waals surface area contributed by atoms with Gasteiger partial charge in [0.15, 0.2) is 0 Å². The summed E-state index contributed by atoms with van der Waals surface area (Å²) in [5, 5.41) is 0. The van der Waals surface area contributed by atoms with Gasteiger partial charge >= 0.3 is 5.97 Å². The summed E-state index contributed by atoms with van der Waals surface area (Å²) in [5.74, 6) is -0.283. The maximum Gasteiger partial charge on any atom is 0.322 e. The van der Waals surface area contributed by atoms with Crippen molar-refractivity contribution < 1.29 is 14.3 Å². The molecule has 0 aliphatic heterocycles. The van der Waals surface area contributed by atoms with Crippen LogP contribution in [0.2, 0.25) is 0 Å². The van der Waals surface area contributed by atoms with E-state index < -0.39 is 18.1 Å². The van der Waals surface area contributed by atoms with Crippen LogP contribution >= 0.6 is 12.4 Å². The molecule has 6 heteroatoms. The molecule has 0 rings (SSSR count). The molecule has 0 aromatic rings. The molecule has 0 aliphatic rings. The number of hydrogen-bond donors (Lipinski definition) is 2. The summed E-state index contributed by atoms with van der Waals surface area (Å²) >= 11 is 0. The smallest absolute Gasteiger partial charge is 0.322 e. The van der Waals surface area contributed by atoms with Crippen LogP contribution in [0.3, 0.4) is 0 Å². The third-order valence-electron chi connectivity index (χ3n) is 4.47. The molecule has 0 aromatic heterocycles. The number of methoxy groups -OCH3 is 1. The van der Waals surface area contributed by atoms with E-state index in [0.717, 1.165) is 12.8 Å². The van der Waals surface area contributed by atoms with E-state index in [9.17, 15) is 9.59 Å². The molecule has 0 radical (unpaired) electrons. The van der Waals surface area contributed by atoms with E-state index in [1.807, 2.05) is 0 Å². The monoisotopic (exact) mass is 378 g/mol. The topological polar surface area (TPSA) is 95.4 Å². The first-order valence-corrected chi connectivity index (χ1v) is 9.64. The number of nitrogens with two attached hydrogens (primary N) is 2. The zero-order valence-corrected chi connectivity index (χ0v) is 17.0. The van der Waals surface area contributed by atoms with E-state index >= 15 is 0 Å². The zero-order chi connectivity index (χ0) is 18.2. The van der Waals surface area contributed by atoms with Crippen LogP contribution in [0.5, 0.6) is 0 Å². The lowest BCUT2D eigenvalue weighted by atomic mass is 9.99. The molecule has 0 spiro atoms. The highest BCUT2D eigenvalue weighted by Gasteiger charge is 2.16. The fourth-order valence-corrected chi connectivity index (χ4v) is 2.78. The predicted octanol–water partition coefficient (Wildman–Crippen LogP) is 3.90. The molecule has 0 saturated heterocycles. The number of halogens is 1. The molecule has 0 aromatic carbocycles. The van der Waals surface area contributed by atoms with E-state index in [2.05, 4.69) is 11.7 Å². The minimum Gasteiger partial charge on any atom is -0.468 e. The second-order valence-electron chi connectivity index (χ2n) is 6.71. The molecule has 2 atom stereocenters. The first kappa shape index (κ1) is 26.6. The quantitative estimate of drug-likeness (QED) is 0.313. The molecule has 0 fully saturated rings. The molecule has 0 saturated carbocycles. The largest absolute Gasteiger partial charge is 0.468 e. The lowest BCUT2D eigenvalue weighted by Crippen LogP contribution is -2.33. The van der Waals surface area contributed by atoms with Gasteiger partial charge in [0.2, 0.25) is 0 Å². The van der Waals surface area contributed by atoms with Gasteiger partial charge in [-0.05, 0) is 25.7 Å². The number of carbonyl (C=O) groups excluding carboxylic acids is 2. The average molecular weight is 379 g/mol. The molecule has 0 aliphatic carbocycles. The molecule has 0 amide bonds. The van der Waals surface area contributed by atoms with Crippen molar-refractivity contribution in [2.75, 3.05) is 7.11 Å². The van der Waals surface area contributed by atoms with E-state index in [-0.39, 0.29) is 18.2 Å². The Morgan fingerprint density at radius 2 is 1.28 bits per heavy atom. The third kappa shape index (κ3) is 15.3. The van der Waals surface area contributed by atoms with Crippen molar-refractivity contribution in [3.05, 3.63) is 0 Å². The van der Waals surface area contributed by atoms with E-state index in [0.29, 0.717) is 25.7 Å². The average Bonchev–Trinajstić information content (AvgIpc) is 2.58. The Balaban J connectivity index is 0. The van der Waals surface area contributed by atoms with Crippen molar-refractivity contribution in [3.8, 4) is 0 Å². The minimum absolute atomic E-state index is 0. The number of ether oxygens (including phenoxy) is 1. The SMILES string of the molecule is CCCCCCCCCCCC(=O)C(N)CCC[C@H](N)C(=O)OC.Cl. The van der Waals surface area contributed by atoms with Crippen LogP contribution in [-0.2, 0) is 14.3 Å². The van der Waals surface area contributed by atoms with Gasteiger partial charge in [-0.3, -0.25) is 9.59 Å². The normalized spacial score (nSPS) is 13.0. The van der Waals surface area contributed by atoms with Gasteiger partial charge in [0.1, 0.15) is 11.8 Å². The Morgan fingerprint density at radius 1 is 0.800 bits per heavy atom. The predicted molar refractivity (Wildman–Crippen MR) is 106 cm³/mol. The van der Waals surface area contributed by atoms with Crippen LogP contribution in [-0.4, -0.2) is 30.9 Å². The molecular formula is C19H39ClN2O3. The van der Waals surface area contributed by atoms with Gasteiger partial charge in [0, 0.05) is 6.42 Å². The van der Waals surface area contributed by atoms with Gasteiger partial charge in [-0.25, -0.2) is 0 Å². The standard InChI is InChI=1S/C19H38N2O3.ClH/c1-3-4-5-6-7-8-9-10-11-15-18(22)16(20)13-12-14-17(21)19(23)24-2;/h16-17H,3-15,20-21H2,1-2H3;1H/t16?,17-;/m0./s1. The molecule has 5 nitrogen and oxygen atoms in total. The summed E-state index contributed by atoms with van der Waals surface area (Å²) in [6, 6.07) is -1.04. The lowest BCUT2D eigenvalue weighted by Gasteiger charge is -2.12. The lowest BCUT2D eigenvalue weighted by molar-refractivity contribution is -0.142. The Kier molecular flexibility index (Phi) is 19.3. The van der Waals surface area contributed by atoms with Crippen LogP contribution in [0, 0.1) is 0 Å². The molecule has 0 heterocycles. The summed E-state index contributed by atoms with van der Waals surface area (Å²) < 4.78 is 4.57. The Bertz CT molecular complexity index is 341. The number of hydrogen-bond acceptors (Lipinski definition) is 5. The van der Waals surface area contributed by atoms with Crippen LogP contribution in [0.25, 0.3) is 0 Å². The Hall–Kier alpha value is -0.650. The fraction of sp³-hybridized carbons (Fsp3) is 0.895. The molecular weight excluding hydrogens is 340 g/mol. The maximum absolute atomic E-state index is 12.0. The first-order valence-electron chi connectivity index (χ1n) is 9.64.